The van der Waals surface area contributed by atoms with Crippen LogP contribution in [0.3, 0.4) is 0 Å². The number of benzene rings is 1. The number of aliphatic hydroxyl groups excluding tert-OH is 1. The van der Waals surface area contributed by atoms with E-state index < -0.39 is 0 Å². The van der Waals surface area contributed by atoms with E-state index in [2.05, 4.69) is 20.9 Å². The van der Waals surface area contributed by atoms with Gasteiger partial charge in [-0.05, 0) is 49.4 Å². The SMILES string of the molecule is OC1CC2CCC(C1)N2c1ncnc2cc(-c3ccc(Cl)cc3)sc12. The highest BCUT2D eigenvalue weighted by molar-refractivity contribution is 7.22. The second-order valence-electron chi connectivity index (χ2n) is 6.95. The summed E-state index contributed by atoms with van der Waals surface area (Å²) in [6, 6.07) is 10.8. The zero-order valence-electron chi connectivity index (χ0n) is 13.6. The maximum absolute atomic E-state index is 10.1. The first-order valence-corrected chi connectivity index (χ1v) is 9.85. The third-order valence-electron chi connectivity index (χ3n) is 5.37. The summed E-state index contributed by atoms with van der Waals surface area (Å²) in [5.41, 5.74) is 2.14. The minimum atomic E-state index is -0.168. The van der Waals surface area contributed by atoms with E-state index in [0.717, 1.165) is 52.3 Å². The molecule has 6 heteroatoms. The minimum Gasteiger partial charge on any atom is -0.393 e. The predicted octanol–water partition coefficient (Wildman–Crippen LogP) is 4.50. The number of halogens is 1. The molecule has 5 rings (SSSR count). The van der Waals surface area contributed by atoms with E-state index >= 15 is 0 Å². The Balaban J connectivity index is 1.59. The van der Waals surface area contributed by atoms with Crippen LogP contribution in [-0.4, -0.2) is 33.3 Å². The molecule has 0 saturated carbocycles. The van der Waals surface area contributed by atoms with Crippen molar-refractivity contribution in [3.8, 4) is 10.4 Å². The summed E-state index contributed by atoms with van der Waals surface area (Å²) in [4.78, 5) is 12.7. The van der Waals surface area contributed by atoms with Gasteiger partial charge in [-0.25, -0.2) is 9.97 Å². The van der Waals surface area contributed by atoms with Crippen LogP contribution in [0.1, 0.15) is 25.7 Å². The van der Waals surface area contributed by atoms with Gasteiger partial charge in [0.15, 0.2) is 5.82 Å². The number of aliphatic hydroxyl groups is 1. The van der Waals surface area contributed by atoms with Crippen molar-refractivity contribution in [1.29, 1.82) is 0 Å². The number of hydrogen-bond acceptors (Lipinski definition) is 5. The van der Waals surface area contributed by atoms with E-state index in [1.807, 2.05) is 24.3 Å². The molecular weight excluding hydrogens is 354 g/mol. The van der Waals surface area contributed by atoms with Gasteiger partial charge in [-0.3, -0.25) is 0 Å². The van der Waals surface area contributed by atoms with Crippen LogP contribution >= 0.6 is 22.9 Å². The summed E-state index contributed by atoms with van der Waals surface area (Å²) in [6.45, 7) is 0. The van der Waals surface area contributed by atoms with Crippen LogP contribution in [0.5, 0.6) is 0 Å². The normalized spacial score (nSPS) is 25.7. The molecule has 4 heterocycles. The number of rotatable bonds is 2. The lowest BCUT2D eigenvalue weighted by molar-refractivity contribution is 0.126. The second kappa shape index (κ2) is 5.94. The fourth-order valence-corrected chi connectivity index (χ4v) is 5.51. The van der Waals surface area contributed by atoms with E-state index in [-0.39, 0.29) is 6.10 Å². The molecule has 0 amide bonds. The van der Waals surface area contributed by atoms with Gasteiger partial charge in [-0.15, -0.1) is 11.3 Å². The number of nitrogens with zero attached hydrogens (tertiary/aromatic N) is 3. The van der Waals surface area contributed by atoms with E-state index in [1.54, 1.807) is 17.7 Å². The van der Waals surface area contributed by atoms with Crippen LogP contribution in [0.15, 0.2) is 36.7 Å². The zero-order valence-corrected chi connectivity index (χ0v) is 15.2. The summed E-state index contributed by atoms with van der Waals surface area (Å²) in [5.74, 6) is 1.04. The monoisotopic (exact) mass is 371 g/mol. The third kappa shape index (κ3) is 2.62. The molecule has 1 N–H and O–H groups in total. The van der Waals surface area contributed by atoms with Crippen LogP contribution in [0.4, 0.5) is 5.82 Å². The Morgan fingerprint density at radius 1 is 1.08 bits per heavy atom. The van der Waals surface area contributed by atoms with Gasteiger partial charge in [0.2, 0.25) is 0 Å². The van der Waals surface area contributed by atoms with E-state index in [4.69, 9.17) is 11.6 Å². The van der Waals surface area contributed by atoms with Gasteiger partial charge in [0.25, 0.3) is 0 Å². The van der Waals surface area contributed by atoms with Gasteiger partial charge in [0, 0.05) is 22.0 Å². The molecule has 3 aromatic rings. The molecular formula is C19H18ClN3OS. The molecule has 0 radical (unpaired) electrons. The Labute approximate surface area is 155 Å². The molecule has 1 aromatic carbocycles. The van der Waals surface area contributed by atoms with Gasteiger partial charge < -0.3 is 10.0 Å². The zero-order chi connectivity index (χ0) is 17.0. The highest BCUT2D eigenvalue weighted by Gasteiger charge is 2.41. The molecule has 2 saturated heterocycles. The smallest absolute Gasteiger partial charge is 0.150 e. The van der Waals surface area contributed by atoms with Crippen molar-refractivity contribution in [3.63, 3.8) is 0 Å². The fourth-order valence-electron chi connectivity index (χ4n) is 4.28. The molecule has 2 fully saturated rings. The van der Waals surface area contributed by atoms with Crippen LogP contribution in [0.2, 0.25) is 5.02 Å². The van der Waals surface area contributed by atoms with Gasteiger partial charge in [0.1, 0.15) is 6.33 Å². The molecule has 4 nitrogen and oxygen atoms in total. The van der Waals surface area contributed by atoms with Crippen LogP contribution in [0, 0.1) is 0 Å². The maximum atomic E-state index is 10.1. The van der Waals surface area contributed by atoms with Gasteiger partial charge >= 0.3 is 0 Å². The van der Waals surface area contributed by atoms with E-state index in [9.17, 15) is 5.11 Å². The lowest BCUT2D eigenvalue weighted by atomic mass is 10.00. The average Bonchev–Trinajstić information content (AvgIpc) is 3.15. The van der Waals surface area contributed by atoms with Crippen molar-refractivity contribution in [2.24, 2.45) is 0 Å². The van der Waals surface area contributed by atoms with Crippen molar-refractivity contribution < 1.29 is 5.11 Å². The predicted molar refractivity (Wildman–Crippen MR) is 102 cm³/mol. The molecule has 128 valence electrons. The van der Waals surface area contributed by atoms with Crippen molar-refractivity contribution in [2.75, 3.05) is 4.90 Å². The van der Waals surface area contributed by atoms with Gasteiger partial charge in [-0.2, -0.15) is 0 Å². The van der Waals surface area contributed by atoms with E-state index in [0.29, 0.717) is 12.1 Å². The first-order valence-electron chi connectivity index (χ1n) is 8.66. The molecule has 0 aliphatic carbocycles. The average molecular weight is 372 g/mol. The summed E-state index contributed by atoms with van der Waals surface area (Å²) in [5, 5.41) is 10.8. The minimum absolute atomic E-state index is 0.168. The molecule has 25 heavy (non-hydrogen) atoms. The van der Waals surface area contributed by atoms with Crippen LogP contribution in [-0.2, 0) is 0 Å². The molecule has 2 aliphatic heterocycles. The number of anilines is 1. The Hall–Kier alpha value is -1.69. The number of fused-ring (bicyclic) bond motifs is 3. The molecule has 0 spiro atoms. The largest absolute Gasteiger partial charge is 0.393 e. The maximum Gasteiger partial charge on any atom is 0.150 e. The first kappa shape index (κ1) is 15.6. The first-order chi connectivity index (χ1) is 12.2. The van der Waals surface area contributed by atoms with Crippen molar-refractivity contribution in [1.82, 2.24) is 9.97 Å². The number of piperidine rings is 1. The lowest BCUT2D eigenvalue weighted by Crippen LogP contribution is -2.45. The molecule has 2 unspecified atom stereocenters. The molecule has 2 atom stereocenters. The quantitative estimate of drug-likeness (QED) is 0.720. The molecule has 2 bridgehead atoms. The van der Waals surface area contributed by atoms with Crippen molar-refractivity contribution >= 4 is 39.0 Å². The van der Waals surface area contributed by atoms with Crippen LogP contribution < -0.4 is 4.90 Å². The molecule has 2 aliphatic rings. The Kier molecular flexibility index (Phi) is 3.69. The highest BCUT2D eigenvalue weighted by atomic mass is 35.5. The fraction of sp³-hybridized carbons (Fsp3) is 0.368. The topological polar surface area (TPSA) is 49.2 Å². The highest BCUT2D eigenvalue weighted by Crippen LogP contribution is 2.43. The second-order valence-corrected chi connectivity index (χ2v) is 8.44. The van der Waals surface area contributed by atoms with Crippen LogP contribution in [0.25, 0.3) is 20.7 Å². The number of hydrogen-bond donors (Lipinski definition) is 1. The Bertz CT molecular complexity index is 912. The Morgan fingerprint density at radius 2 is 1.80 bits per heavy atom. The molecule has 2 aromatic heterocycles. The summed E-state index contributed by atoms with van der Waals surface area (Å²) < 4.78 is 1.14. The van der Waals surface area contributed by atoms with Gasteiger partial charge in [0.05, 0.1) is 16.3 Å². The van der Waals surface area contributed by atoms with Gasteiger partial charge in [-0.1, -0.05) is 23.7 Å². The summed E-state index contributed by atoms with van der Waals surface area (Å²) in [7, 11) is 0. The van der Waals surface area contributed by atoms with E-state index in [1.165, 1.54) is 4.88 Å². The number of aromatic nitrogens is 2. The summed E-state index contributed by atoms with van der Waals surface area (Å²) >= 11 is 7.75. The lowest BCUT2D eigenvalue weighted by Gasteiger charge is -2.38. The Morgan fingerprint density at radius 3 is 2.52 bits per heavy atom. The standard InChI is InChI=1S/C19H18ClN3OS/c20-12-3-1-11(2-4-12)17-9-16-18(25-17)19(22-10-21-16)23-13-5-6-14(23)8-15(24)7-13/h1-4,9-10,13-15,24H,5-8H2. The number of thiophene rings is 1. The van der Waals surface area contributed by atoms with Crippen molar-refractivity contribution in [2.45, 2.75) is 43.9 Å². The third-order valence-corrected chi connectivity index (χ3v) is 6.80. The summed E-state index contributed by atoms with van der Waals surface area (Å²) in [6.07, 6.45) is 5.47. The van der Waals surface area contributed by atoms with Crippen molar-refractivity contribution in [3.05, 3.63) is 41.7 Å².